The molecule has 0 radical (unpaired) electrons. The normalized spacial score (nSPS) is 12.7. The molecule has 1 aromatic heterocycles. The second-order valence-electron chi connectivity index (χ2n) is 3.19. The summed E-state index contributed by atoms with van der Waals surface area (Å²) in [5, 5.41) is 1.80. The second kappa shape index (κ2) is 4.65. The van der Waals surface area contributed by atoms with Crippen LogP contribution >= 0.6 is 11.3 Å². The molecule has 0 aliphatic rings. The maximum absolute atomic E-state index is 13.1. The van der Waals surface area contributed by atoms with Gasteiger partial charge in [0.15, 0.2) is 11.6 Å². The predicted octanol–water partition coefficient (Wildman–Crippen LogP) is 1.97. The molecular weight excluding hydrogens is 232 g/mol. The second-order valence-corrected chi connectivity index (χ2v) is 3.91. The Balaban J connectivity index is 2.37. The maximum atomic E-state index is 13.1. The van der Waals surface area contributed by atoms with Crippen LogP contribution in [0.5, 0.6) is 0 Å². The van der Waals surface area contributed by atoms with E-state index in [-0.39, 0.29) is 0 Å². The predicted molar refractivity (Wildman–Crippen MR) is 57.6 cm³/mol. The molecule has 6 heteroatoms. The Hall–Kier alpha value is -1.37. The van der Waals surface area contributed by atoms with Crippen molar-refractivity contribution in [2.45, 2.75) is 6.04 Å². The minimum Gasteiger partial charge on any atom is -0.271 e. The van der Waals surface area contributed by atoms with E-state index in [0.29, 0.717) is 11.3 Å². The van der Waals surface area contributed by atoms with Gasteiger partial charge in [-0.15, -0.1) is 11.3 Å². The number of thiazole rings is 1. The van der Waals surface area contributed by atoms with Crippen molar-refractivity contribution in [3.63, 3.8) is 0 Å². The first-order valence-electron chi connectivity index (χ1n) is 4.51. The number of benzene rings is 1. The number of hydrogen-bond acceptors (Lipinski definition) is 4. The lowest BCUT2D eigenvalue weighted by Crippen LogP contribution is -2.29. The summed E-state index contributed by atoms with van der Waals surface area (Å²) in [6, 6.07) is 3.23. The molecule has 0 aliphatic heterocycles. The molecule has 3 nitrogen and oxygen atoms in total. The third-order valence-corrected chi connectivity index (χ3v) is 2.80. The van der Waals surface area contributed by atoms with Crippen LogP contribution in [-0.4, -0.2) is 4.98 Å². The van der Waals surface area contributed by atoms with Crippen molar-refractivity contribution in [1.29, 1.82) is 0 Å². The molecule has 1 aromatic carbocycles. The van der Waals surface area contributed by atoms with Crippen LogP contribution in [0.1, 0.15) is 17.3 Å². The van der Waals surface area contributed by atoms with E-state index in [4.69, 9.17) is 5.84 Å². The Kier molecular flexibility index (Phi) is 3.23. The first-order valence-corrected chi connectivity index (χ1v) is 5.46. The van der Waals surface area contributed by atoms with Crippen molar-refractivity contribution >= 4 is 11.3 Å². The maximum Gasteiger partial charge on any atom is 0.159 e. The van der Waals surface area contributed by atoms with Gasteiger partial charge in [-0.1, -0.05) is 6.07 Å². The van der Waals surface area contributed by atoms with E-state index in [9.17, 15) is 8.78 Å². The number of aromatic nitrogens is 1. The fraction of sp³-hybridized carbons (Fsp3) is 0.100. The summed E-state index contributed by atoms with van der Waals surface area (Å²) < 4.78 is 25.8. The fourth-order valence-electron chi connectivity index (χ4n) is 1.41. The van der Waals surface area contributed by atoms with Crippen LogP contribution in [0.15, 0.2) is 29.1 Å². The summed E-state index contributed by atoms with van der Waals surface area (Å²) in [7, 11) is 0. The molecule has 0 saturated heterocycles. The summed E-state index contributed by atoms with van der Waals surface area (Å²) in [4.78, 5) is 4.08. The van der Waals surface area contributed by atoms with E-state index in [0.717, 1.165) is 12.1 Å². The molecule has 16 heavy (non-hydrogen) atoms. The topological polar surface area (TPSA) is 50.9 Å². The molecule has 0 spiro atoms. The average molecular weight is 241 g/mol. The van der Waals surface area contributed by atoms with Gasteiger partial charge in [-0.25, -0.2) is 19.2 Å². The monoisotopic (exact) mass is 241 g/mol. The van der Waals surface area contributed by atoms with E-state index in [1.807, 2.05) is 0 Å². The summed E-state index contributed by atoms with van der Waals surface area (Å²) >= 11 is 1.41. The largest absolute Gasteiger partial charge is 0.271 e. The van der Waals surface area contributed by atoms with Crippen LogP contribution in [-0.2, 0) is 0 Å². The Labute approximate surface area is 94.9 Å². The smallest absolute Gasteiger partial charge is 0.159 e. The third kappa shape index (κ3) is 2.08. The summed E-state index contributed by atoms with van der Waals surface area (Å²) in [6.45, 7) is 0. The molecule has 2 rings (SSSR count). The lowest BCUT2D eigenvalue weighted by Gasteiger charge is -2.13. The highest BCUT2D eigenvalue weighted by molar-refractivity contribution is 7.07. The zero-order valence-electron chi connectivity index (χ0n) is 8.15. The molecule has 0 amide bonds. The Morgan fingerprint density at radius 2 is 2.12 bits per heavy atom. The number of hydrazine groups is 1. The highest BCUT2D eigenvalue weighted by atomic mass is 32.1. The Bertz CT molecular complexity index is 473. The van der Waals surface area contributed by atoms with Crippen molar-refractivity contribution < 1.29 is 8.78 Å². The van der Waals surface area contributed by atoms with E-state index < -0.39 is 17.7 Å². The quantitative estimate of drug-likeness (QED) is 0.638. The van der Waals surface area contributed by atoms with E-state index in [1.54, 1.807) is 10.9 Å². The molecule has 2 aromatic rings. The van der Waals surface area contributed by atoms with Crippen molar-refractivity contribution in [2.75, 3.05) is 0 Å². The number of hydrogen-bond donors (Lipinski definition) is 2. The molecule has 0 bridgehead atoms. The first kappa shape index (κ1) is 11.1. The average Bonchev–Trinajstić information content (AvgIpc) is 2.78. The van der Waals surface area contributed by atoms with Crippen molar-refractivity contribution in [2.24, 2.45) is 5.84 Å². The van der Waals surface area contributed by atoms with Gasteiger partial charge < -0.3 is 0 Å². The van der Waals surface area contributed by atoms with Gasteiger partial charge in [0.2, 0.25) is 0 Å². The van der Waals surface area contributed by atoms with Crippen molar-refractivity contribution in [3.05, 3.63) is 52.0 Å². The van der Waals surface area contributed by atoms with Crippen LogP contribution < -0.4 is 11.3 Å². The van der Waals surface area contributed by atoms with Crippen LogP contribution in [0.2, 0.25) is 0 Å². The fourth-order valence-corrected chi connectivity index (χ4v) is 1.99. The SMILES string of the molecule is NNC(c1ccc(F)c(F)c1)c1cscn1. The van der Waals surface area contributed by atoms with E-state index in [2.05, 4.69) is 10.4 Å². The lowest BCUT2D eigenvalue weighted by molar-refractivity contribution is 0.503. The van der Waals surface area contributed by atoms with Gasteiger partial charge in [0.1, 0.15) is 0 Å². The Morgan fingerprint density at radius 3 is 2.69 bits per heavy atom. The standard InChI is InChI=1S/C10H9F2N3S/c11-7-2-1-6(3-8(7)12)10(15-13)9-4-16-5-14-9/h1-5,10,15H,13H2. The molecular formula is C10H9F2N3S. The van der Waals surface area contributed by atoms with Crippen LogP contribution in [0, 0.1) is 11.6 Å². The van der Waals surface area contributed by atoms with Crippen LogP contribution in [0.25, 0.3) is 0 Å². The zero-order valence-corrected chi connectivity index (χ0v) is 8.97. The van der Waals surface area contributed by atoms with Crippen molar-refractivity contribution in [3.8, 4) is 0 Å². The zero-order chi connectivity index (χ0) is 11.5. The molecule has 0 aliphatic carbocycles. The van der Waals surface area contributed by atoms with Crippen LogP contribution in [0.3, 0.4) is 0 Å². The van der Waals surface area contributed by atoms with Gasteiger partial charge in [0, 0.05) is 5.38 Å². The lowest BCUT2D eigenvalue weighted by atomic mass is 10.1. The minimum atomic E-state index is -0.895. The van der Waals surface area contributed by atoms with E-state index in [1.165, 1.54) is 17.4 Å². The molecule has 0 fully saturated rings. The van der Waals surface area contributed by atoms with Crippen LogP contribution in [0.4, 0.5) is 8.78 Å². The number of nitrogens with two attached hydrogens (primary N) is 1. The summed E-state index contributed by atoms with van der Waals surface area (Å²) in [6.07, 6.45) is 0. The van der Waals surface area contributed by atoms with Gasteiger partial charge in [-0.2, -0.15) is 0 Å². The molecule has 1 atom stereocenters. The van der Waals surface area contributed by atoms with Gasteiger partial charge in [-0.05, 0) is 17.7 Å². The molecule has 0 saturated carbocycles. The number of halogens is 2. The molecule has 84 valence electrons. The highest BCUT2D eigenvalue weighted by Crippen LogP contribution is 2.22. The Morgan fingerprint density at radius 1 is 1.31 bits per heavy atom. The molecule has 1 heterocycles. The first-order chi connectivity index (χ1) is 7.72. The summed E-state index contributed by atoms with van der Waals surface area (Å²) in [5.41, 5.74) is 5.39. The van der Waals surface area contributed by atoms with Gasteiger partial charge >= 0.3 is 0 Å². The minimum absolute atomic E-state index is 0.429. The number of nitrogens with one attached hydrogen (secondary N) is 1. The van der Waals surface area contributed by atoms with Gasteiger partial charge in [0.05, 0.1) is 17.2 Å². The molecule has 1 unspecified atom stereocenters. The van der Waals surface area contributed by atoms with Gasteiger partial charge in [0.25, 0.3) is 0 Å². The number of nitrogens with zero attached hydrogens (tertiary/aromatic N) is 1. The summed E-state index contributed by atoms with van der Waals surface area (Å²) in [5.74, 6) is 3.61. The van der Waals surface area contributed by atoms with Crippen molar-refractivity contribution in [1.82, 2.24) is 10.4 Å². The third-order valence-electron chi connectivity index (χ3n) is 2.19. The van der Waals surface area contributed by atoms with Gasteiger partial charge in [-0.3, -0.25) is 5.84 Å². The number of rotatable bonds is 3. The highest BCUT2D eigenvalue weighted by Gasteiger charge is 2.15. The molecule has 3 N–H and O–H groups in total. The van der Waals surface area contributed by atoms with E-state index >= 15 is 0 Å².